The quantitative estimate of drug-likeness (QED) is 0.898. The fraction of sp³-hybridized carbons (Fsp3) is 0.800. The van der Waals surface area contributed by atoms with Crippen molar-refractivity contribution in [2.45, 2.75) is 50.4 Å². The molecule has 4 fully saturated rings. The van der Waals surface area contributed by atoms with E-state index in [0.29, 0.717) is 12.0 Å². The van der Waals surface area contributed by atoms with Crippen LogP contribution in [0.5, 0.6) is 0 Å². The van der Waals surface area contributed by atoms with Gasteiger partial charge in [-0.25, -0.2) is 4.98 Å². The van der Waals surface area contributed by atoms with Gasteiger partial charge in [-0.2, -0.15) is 5.10 Å². The second-order valence-electron chi connectivity index (χ2n) is 6.99. The zero-order valence-electron chi connectivity index (χ0n) is 11.4. The molecule has 1 heterocycles. The van der Waals surface area contributed by atoms with Crippen molar-refractivity contribution in [3.63, 3.8) is 0 Å². The molecule has 5 rings (SSSR count). The average Bonchev–Trinajstić information content (AvgIpc) is 2.38. The molecular weight excluding hydrogens is 236 g/mol. The number of hydrogen-bond acceptors (Lipinski definition) is 4. The second-order valence-corrected chi connectivity index (χ2v) is 6.99. The molecule has 1 aromatic rings. The van der Waals surface area contributed by atoms with E-state index >= 15 is 0 Å². The topological polar surface area (TPSA) is 64.7 Å². The van der Waals surface area contributed by atoms with E-state index in [-0.39, 0.29) is 0 Å². The van der Waals surface area contributed by atoms with Crippen molar-refractivity contribution in [3.8, 4) is 0 Å². The van der Waals surface area contributed by atoms with Gasteiger partial charge < -0.3 is 5.73 Å². The van der Waals surface area contributed by atoms with E-state index in [1.165, 1.54) is 44.2 Å². The van der Waals surface area contributed by atoms with Crippen LogP contribution in [0.2, 0.25) is 0 Å². The molecule has 19 heavy (non-hydrogen) atoms. The van der Waals surface area contributed by atoms with Gasteiger partial charge in [0.25, 0.3) is 0 Å². The van der Waals surface area contributed by atoms with E-state index in [1.807, 2.05) is 6.20 Å². The Hall–Kier alpha value is -1.03. The Labute approximate surface area is 114 Å². The van der Waals surface area contributed by atoms with Crippen LogP contribution in [-0.4, -0.2) is 21.7 Å². The summed E-state index contributed by atoms with van der Waals surface area (Å²) in [6, 6.07) is 0. The maximum Gasteiger partial charge on any atom is 0.152 e. The van der Waals surface area contributed by atoms with Gasteiger partial charge in [0.05, 0.1) is 11.9 Å². The smallest absolute Gasteiger partial charge is 0.152 e. The van der Waals surface area contributed by atoms with Gasteiger partial charge in [0, 0.05) is 11.8 Å². The molecule has 0 aliphatic heterocycles. The summed E-state index contributed by atoms with van der Waals surface area (Å²) in [6.07, 6.45) is 11.1. The molecule has 0 saturated heterocycles. The van der Waals surface area contributed by atoms with E-state index in [4.69, 9.17) is 10.7 Å². The van der Waals surface area contributed by atoms with Crippen LogP contribution in [0.1, 0.15) is 50.0 Å². The molecule has 4 saturated carbocycles. The number of aromatic nitrogens is 3. The Morgan fingerprint density at radius 1 is 1.11 bits per heavy atom. The highest BCUT2D eigenvalue weighted by atomic mass is 15.1. The lowest BCUT2D eigenvalue weighted by molar-refractivity contribution is -0.00758. The number of nitrogens with two attached hydrogens (primary N) is 1. The van der Waals surface area contributed by atoms with Crippen molar-refractivity contribution in [1.29, 1.82) is 0 Å². The first kappa shape index (κ1) is 11.8. The van der Waals surface area contributed by atoms with E-state index in [9.17, 15) is 0 Å². The molecule has 0 amide bonds. The Kier molecular flexibility index (Phi) is 2.62. The van der Waals surface area contributed by atoms with Gasteiger partial charge >= 0.3 is 0 Å². The van der Waals surface area contributed by atoms with Crippen molar-refractivity contribution in [2.75, 3.05) is 6.54 Å². The van der Waals surface area contributed by atoms with Gasteiger partial charge in [0.2, 0.25) is 0 Å². The van der Waals surface area contributed by atoms with Crippen LogP contribution < -0.4 is 5.73 Å². The molecule has 0 atom stereocenters. The first-order valence-corrected chi connectivity index (χ1v) is 7.66. The Bertz CT molecular complexity index is 450. The third-order valence-corrected chi connectivity index (χ3v) is 5.55. The molecule has 4 aliphatic rings. The van der Waals surface area contributed by atoms with E-state index in [0.717, 1.165) is 30.0 Å². The van der Waals surface area contributed by atoms with Gasteiger partial charge in [-0.3, -0.25) is 0 Å². The summed E-state index contributed by atoms with van der Waals surface area (Å²) in [5, 5.41) is 8.31. The highest BCUT2D eigenvalue weighted by Crippen LogP contribution is 2.60. The molecule has 2 N–H and O–H groups in total. The van der Waals surface area contributed by atoms with Gasteiger partial charge in [0.1, 0.15) is 0 Å². The fourth-order valence-corrected chi connectivity index (χ4v) is 5.26. The zero-order valence-corrected chi connectivity index (χ0v) is 11.4. The standard InChI is InChI=1S/C15H22N4/c16-2-1-14-18-13(9-17-19-14)15-6-10-3-11(7-15)5-12(4-10)8-15/h9-12H,1-8,16H2. The van der Waals surface area contributed by atoms with Crippen molar-refractivity contribution < 1.29 is 0 Å². The first-order valence-electron chi connectivity index (χ1n) is 7.66. The largest absolute Gasteiger partial charge is 0.330 e. The Morgan fingerprint density at radius 2 is 1.74 bits per heavy atom. The minimum Gasteiger partial charge on any atom is -0.330 e. The first-order chi connectivity index (χ1) is 9.27. The summed E-state index contributed by atoms with van der Waals surface area (Å²) >= 11 is 0. The SMILES string of the molecule is NCCc1nncc(C23CC4CC(CC(C4)C2)C3)n1. The van der Waals surface area contributed by atoms with Crippen molar-refractivity contribution in [2.24, 2.45) is 23.5 Å². The molecule has 0 unspecified atom stereocenters. The van der Waals surface area contributed by atoms with Crippen molar-refractivity contribution in [3.05, 3.63) is 17.7 Å². The van der Waals surface area contributed by atoms with Crippen LogP contribution in [0.4, 0.5) is 0 Å². The van der Waals surface area contributed by atoms with Gasteiger partial charge in [0.15, 0.2) is 5.82 Å². The highest BCUT2D eigenvalue weighted by molar-refractivity contribution is 5.20. The lowest BCUT2D eigenvalue weighted by Gasteiger charge is -2.56. The van der Waals surface area contributed by atoms with Crippen LogP contribution in [0.3, 0.4) is 0 Å². The van der Waals surface area contributed by atoms with Crippen LogP contribution in [0, 0.1) is 17.8 Å². The van der Waals surface area contributed by atoms with Gasteiger partial charge in [-0.15, -0.1) is 5.10 Å². The van der Waals surface area contributed by atoms with Crippen molar-refractivity contribution in [1.82, 2.24) is 15.2 Å². The lowest BCUT2D eigenvalue weighted by Crippen LogP contribution is -2.49. The molecule has 0 aromatic carbocycles. The zero-order chi connectivity index (χ0) is 12.9. The monoisotopic (exact) mass is 258 g/mol. The minimum absolute atomic E-state index is 0.327. The summed E-state index contributed by atoms with van der Waals surface area (Å²) in [4.78, 5) is 4.80. The summed E-state index contributed by atoms with van der Waals surface area (Å²) in [5.74, 6) is 3.66. The van der Waals surface area contributed by atoms with Crippen LogP contribution >= 0.6 is 0 Å². The molecule has 4 bridgehead atoms. The van der Waals surface area contributed by atoms with E-state index in [2.05, 4.69) is 10.2 Å². The molecule has 4 nitrogen and oxygen atoms in total. The molecule has 1 aromatic heterocycles. The summed E-state index contributed by atoms with van der Waals surface area (Å²) in [7, 11) is 0. The molecule has 4 aliphatic carbocycles. The van der Waals surface area contributed by atoms with Crippen molar-refractivity contribution >= 4 is 0 Å². The molecule has 0 radical (unpaired) electrons. The van der Waals surface area contributed by atoms with Crippen LogP contribution in [-0.2, 0) is 11.8 Å². The van der Waals surface area contributed by atoms with Crippen LogP contribution in [0.15, 0.2) is 6.20 Å². The third-order valence-electron chi connectivity index (χ3n) is 5.55. The predicted molar refractivity (Wildman–Crippen MR) is 72.4 cm³/mol. The van der Waals surface area contributed by atoms with Crippen LogP contribution in [0.25, 0.3) is 0 Å². The predicted octanol–water partition coefficient (Wildman–Crippen LogP) is 1.84. The molecular formula is C15H22N4. The number of rotatable bonds is 3. The average molecular weight is 258 g/mol. The molecule has 102 valence electrons. The lowest BCUT2D eigenvalue weighted by atomic mass is 9.49. The molecule has 4 heteroatoms. The Morgan fingerprint density at radius 3 is 2.32 bits per heavy atom. The Balaban J connectivity index is 1.69. The highest BCUT2D eigenvalue weighted by Gasteiger charge is 2.52. The van der Waals surface area contributed by atoms with Gasteiger partial charge in [-0.1, -0.05) is 0 Å². The minimum atomic E-state index is 0.327. The number of hydrogen-bond donors (Lipinski definition) is 1. The van der Waals surface area contributed by atoms with Gasteiger partial charge in [-0.05, 0) is 62.8 Å². The molecule has 0 spiro atoms. The normalized spacial score (nSPS) is 39.7. The van der Waals surface area contributed by atoms with E-state index in [1.54, 1.807) is 0 Å². The third kappa shape index (κ3) is 1.88. The second kappa shape index (κ2) is 4.23. The summed E-state index contributed by atoms with van der Waals surface area (Å²) < 4.78 is 0. The number of nitrogens with zero attached hydrogens (tertiary/aromatic N) is 3. The summed E-state index contributed by atoms with van der Waals surface area (Å²) in [5.41, 5.74) is 7.15. The fourth-order valence-electron chi connectivity index (χ4n) is 5.26. The maximum absolute atomic E-state index is 5.61. The maximum atomic E-state index is 5.61. The van der Waals surface area contributed by atoms with E-state index < -0.39 is 0 Å². The summed E-state index contributed by atoms with van der Waals surface area (Å²) in [6.45, 7) is 0.603.